The zero-order valence-corrected chi connectivity index (χ0v) is 16.6. The number of hydrogen-bond donors (Lipinski definition) is 2. The summed E-state index contributed by atoms with van der Waals surface area (Å²) in [6.07, 6.45) is 0. The van der Waals surface area contributed by atoms with E-state index in [0.717, 1.165) is 5.56 Å². The highest BCUT2D eigenvalue weighted by Gasteiger charge is 2.17. The van der Waals surface area contributed by atoms with Crippen molar-refractivity contribution in [3.8, 4) is 0 Å². The smallest absolute Gasteiger partial charge is 0.251 e. The van der Waals surface area contributed by atoms with Crippen LogP contribution in [0.5, 0.6) is 0 Å². The van der Waals surface area contributed by atoms with Crippen molar-refractivity contribution in [1.82, 2.24) is 10.0 Å². The van der Waals surface area contributed by atoms with E-state index >= 15 is 0 Å². The Bertz CT molecular complexity index is 882. The highest BCUT2D eigenvalue weighted by molar-refractivity contribution is 7.89. The van der Waals surface area contributed by atoms with Crippen LogP contribution in [0.2, 0.25) is 0 Å². The first kappa shape index (κ1) is 20.1. The van der Waals surface area contributed by atoms with Gasteiger partial charge < -0.3 is 5.32 Å². The van der Waals surface area contributed by atoms with Gasteiger partial charge in [-0.15, -0.1) is 0 Å². The molecule has 0 aromatic heterocycles. The lowest BCUT2D eigenvalue weighted by atomic mass is 9.86. The molecular formula is C20H26N2O3S. The number of carbonyl (C=O) groups excluding carboxylic acids is 1. The van der Waals surface area contributed by atoms with Crippen LogP contribution in [-0.4, -0.2) is 21.4 Å². The maximum Gasteiger partial charge on any atom is 0.251 e. The number of hydrogen-bond acceptors (Lipinski definition) is 3. The molecule has 2 N–H and O–H groups in total. The SMILES string of the molecule is CNS(=O)(=O)c1cccc(C(=O)N[C@H](C)c2ccc(C(C)(C)C)cc2)c1. The molecule has 0 saturated heterocycles. The standard InChI is InChI=1S/C20H26N2O3S/c1-14(15-9-11-17(12-10-15)20(2,3)4)22-19(23)16-7-6-8-18(13-16)26(24,25)21-5/h6-14,21H,1-5H3,(H,22,23)/t14-/m1/s1. The minimum atomic E-state index is -3.58. The molecule has 0 saturated carbocycles. The van der Waals surface area contributed by atoms with Crippen LogP contribution in [0, 0.1) is 0 Å². The van der Waals surface area contributed by atoms with Gasteiger partial charge in [-0.3, -0.25) is 4.79 Å². The van der Waals surface area contributed by atoms with Crippen molar-refractivity contribution >= 4 is 15.9 Å². The third kappa shape index (κ3) is 4.71. The van der Waals surface area contributed by atoms with Crippen LogP contribution in [-0.2, 0) is 15.4 Å². The Balaban J connectivity index is 2.16. The van der Waals surface area contributed by atoms with E-state index in [2.05, 4.69) is 42.9 Å². The summed E-state index contributed by atoms with van der Waals surface area (Å²) in [5.41, 5.74) is 2.60. The third-order valence-corrected chi connectivity index (χ3v) is 5.71. The van der Waals surface area contributed by atoms with Gasteiger partial charge in [0.2, 0.25) is 10.0 Å². The monoisotopic (exact) mass is 374 g/mol. The van der Waals surface area contributed by atoms with Crippen molar-refractivity contribution < 1.29 is 13.2 Å². The predicted octanol–water partition coefficient (Wildman–Crippen LogP) is 3.38. The first-order chi connectivity index (χ1) is 12.0. The maximum absolute atomic E-state index is 12.5. The second-order valence-corrected chi connectivity index (χ2v) is 9.19. The van der Waals surface area contributed by atoms with Gasteiger partial charge in [0, 0.05) is 5.56 Å². The molecule has 1 atom stereocenters. The summed E-state index contributed by atoms with van der Waals surface area (Å²) in [6.45, 7) is 8.36. The second-order valence-electron chi connectivity index (χ2n) is 7.30. The Kier molecular flexibility index (Phi) is 5.88. The van der Waals surface area contributed by atoms with E-state index < -0.39 is 10.0 Å². The number of nitrogens with one attached hydrogen (secondary N) is 2. The Morgan fingerprint density at radius 3 is 2.19 bits per heavy atom. The molecule has 0 aliphatic carbocycles. The van der Waals surface area contributed by atoms with Crippen LogP contribution in [0.25, 0.3) is 0 Å². The highest BCUT2D eigenvalue weighted by atomic mass is 32.2. The highest BCUT2D eigenvalue weighted by Crippen LogP contribution is 2.24. The zero-order valence-electron chi connectivity index (χ0n) is 15.8. The van der Waals surface area contributed by atoms with E-state index in [1.165, 1.54) is 24.7 Å². The Hall–Kier alpha value is -2.18. The fraction of sp³-hybridized carbons (Fsp3) is 0.350. The van der Waals surface area contributed by atoms with E-state index in [-0.39, 0.29) is 22.3 Å². The van der Waals surface area contributed by atoms with Gasteiger partial charge in [0.05, 0.1) is 10.9 Å². The maximum atomic E-state index is 12.5. The molecule has 26 heavy (non-hydrogen) atoms. The molecule has 0 bridgehead atoms. The number of sulfonamides is 1. The predicted molar refractivity (Wildman–Crippen MR) is 104 cm³/mol. The molecular weight excluding hydrogens is 348 g/mol. The molecule has 5 nitrogen and oxygen atoms in total. The first-order valence-corrected chi connectivity index (χ1v) is 9.98. The summed E-state index contributed by atoms with van der Waals surface area (Å²) in [6, 6.07) is 13.9. The van der Waals surface area contributed by atoms with E-state index in [9.17, 15) is 13.2 Å². The van der Waals surface area contributed by atoms with Crippen molar-refractivity contribution in [3.63, 3.8) is 0 Å². The minimum absolute atomic E-state index is 0.0647. The first-order valence-electron chi connectivity index (χ1n) is 8.49. The van der Waals surface area contributed by atoms with Gasteiger partial charge in [-0.05, 0) is 48.7 Å². The molecule has 0 radical (unpaired) electrons. The van der Waals surface area contributed by atoms with Crippen molar-refractivity contribution in [2.45, 2.75) is 44.0 Å². The summed E-state index contributed by atoms with van der Waals surface area (Å²) in [4.78, 5) is 12.6. The van der Waals surface area contributed by atoms with E-state index in [0.29, 0.717) is 5.56 Å². The Morgan fingerprint density at radius 2 is 1.65 bits per heavy atom. The molecule has 0 aliphatic rings. The van der Waals surface area contributed by atoms with Gasteiger partial charge in [-0.25, -0.2) is 13.1 Å². The van der Waals surface area contributed by atoms with Gasteiger partial charge in [-0.1, -0.05) is 51.1 Å². The number of carbonyl (C=O) groups is 1. The van der Waals surface area contributed by atoms with Gasteiger partial charge >= 0.3 is 0 Å². The minimum Gasteiger partial charge on any atom is -0.346 e. The fourth-order valence-corrected chi connectivity index (χ4v) is 3.33. The van der Waals surface area contributed by atoms with Crippen LogP contribution < -0.4 is 10.0 Å². The van der Waals surface area contributed by atoms with Crippen LogP contribution in [0.4, 0.5) is 0 Å². The second kappa shape index (κ2) is 7.60. The van der Waals surface area contributed by atoms with E-state index in [1.54, 1.807) is 12.1 Å². The molecule has 2 aromatic rings. The third-order valence-electron chi connectivity index (χ3n) is 4.30. The van der Waals surface area contributed by atoms with Crippen molar-refractivity contribution in [2.75, 3.05) is 7.05 Å². The average molecular weight is 375 g/mol. The number of rotatable bonds is 5. The van der Waals surface area contributed by atoms with Gasteiger partial charge in [-0.2, -0.15) is 0 Å². The summed E-state index contributed by atoms with van der Waals surface area (Å²) in [5, 5.41) is 2.91. The lowest BCUT2D eigenvalue weighted by Gasteiger charge is -2.21. The molecule has 2 aromatic carbocycles. The van der Waals surface area contributed by atoms with Crippen molar-refractivity contribution in [2.24, 2.45) is 0 Å². The number of benzene rings is 2. The molecule has 0 aliphatic heterocycles. The normalized spacial score (nSPS) is 13.3. The van der Waals surface area contributed by atoms with Crippen LogP contribution in [0.1, 0.15) is 55.2 Å². The molecule has 0 heterocycles. The summed E-state index contributed by atoms with van der Waals surface area (Å²) >= 11 is 0. The van der Waals surface area contributed by atoms with E-state index in [4.69, 9.17) is 0 Å². The summed E-state index contributed by atoms with van der Waals surface area (Å²) in [5.74, 6) is -0.314. The molecule has 0 unspecified atom stereocenters. The fourth-order valence-electron chi connectivity index (χ4n) is 2.56. The summed E-state index contributed by atoms with van der Waals surface area (Å²) in [7, 11) is -2.24. The van der Waals surface area contributed by atoms with Crippen LogP contribution in [0.15, 0.2) is 53.4 Å². The molecule has 1 amide bonds. The molecule has 140 valence electrons. The molecule has 0 spiro atoms. The van der Waals surface area contributed by atoms with Crippen molar-refractivity contribution in [1.29, 1.82) is 0 Å². The zero-order chi connectivity index (χ0) is 19.5. The van der Waals surface area contributed by atoms with Crippen LogP contribution in [0.3, 0.4) is 0 Å². The average Bonchev–Trinajstić information content (AvgIpc) is 2.61. The van der Waals surface area contributed by atoms with Crippen molar-refractivity contribution in [3.05, 3.63) is 65.2 Å². The molecule has 0 fully saturated rings. The largest absolute Gasteiger partial charge is 0.346 e. The van der Waals surface area contributed by atoms with Crippen LogP contribution >= 0.6 is 0 Å². The van der Waals surface area contributed by atoms with Gasteiger partial charge in [0.25, 0.3) is 5.91 Å². The summed E-state index contributed by atoms with van der Waals surface area (Å²) < 4.78 is 26.0. The quantitative estimate of drug-likeness (QED) is 0.842. The van der Waals surface area contributed by atoms with Gasteiger partial charge in [0.15, 0.2) is 0 Å². The lowest BCUT2D eigenvalue weighted by molar-refractivity contribution is 0.0939. The Morgan fingerprint density at radius 1 is 1.04 bits per heavy atom. The molecule has 6 heteroatoms. The van der Waals surface area contributed by atoms with E-state index in [1.807, 2.05) is 19.1 Å². The lowest BCUT2D eigenvalue weighted by Crippen LogP contribution is -2.27. The molecule has 2 rings (SSSR count). The topological polar surface area (TPSA) is 75.3 Å². The van der Waals surface area contributed by atoms with Gasteiger partial charge in [0.1, 0.15) is 0 Å². The number of amides is 1. The Labute approximate surface area is 155 Å².